The van der Waals surface area contributed by atoms with Gasteiger partial charge in [-0.05, 0) is 35.9 Å². The summed E-state index contributed by atoms with van der Waals surface area (Å²) >= 11 is 0. The van der Waals surface area contributed by atoms with Crippen molar-refractivity contribution in [3.8, 4) is 5.69 Å². The Labute approximate surface area is 125 Å². The number of halogens is 1. The van der Waals surface area contributed by atoms with E-state index in [1.807, 2.05) is 0 Å². The van der Waals surface area contributed by atoms with Gasteiger partial charge in [-0.3, -0.25) is 4.90 Å². The van der Waals surface area contributed by atoms with Gasteiger partial charge < -0.3 is 9.30 Å². The highest BCUT2D eigenvalue weighted by Crippen LogP contribution is 2.25. The number of hydrogen-bond donors (Lipinski definition) is 0. The first-order valence-corrected chi connectivity index (χ1v) is 6.61. The summed E-state index contributed by atoms with van der Waals surface area (Å²) in [5.41, 5.74) is 9.08. The molecule has 0 spiro atoms. The van der Waals surface area contributed by atoms with Gasteiger partial charge in [-0.1, -0.05) is 5.11 Å². The number of cyclic esters (lactones) is 1. The third-order valence-corrected chi connectivity index (χ3v) is 3.35. The number of aromatic nitrogens is 1. The summed E-state index contributed by atoms with van der Waals surface area (Å²) in [7, 11) is 0. The fourth-order valence-corrected chi connectivity index (χ4v) is 2.32. The van der Waals surface area contributed by atoms with Gasteiger partial charge in [-0.15, -0.1) is 0 Å². The maximum absolute atomic E-state index is 14.2. The van der Waals surface area contributed by atoms with Crippen LogP contribution in [0.15, 0.2) is 47.8 Å². The fraction of sp³-hybridized carbons (Fsp3) is 0.214. The van der Waals surface area contributed by atoms with Crippen molar-refractivity contribution in [1.29, 1.82) is 0 Å². The lowest BCUT2D eigenvalue weighted by Gasteiger charge is -2.14. The molecule has 0 unspecified atom stereocenters. The predicted octanol–water partition coefficient (Wildman–Crippen LogP) is 3.25. The van der Waals surface area contributed by atoms with Crippen LogP contribution >= 0.6 is 0 Å². The van der Waals surface area contributed by atoms with Crippen molar-refractivity contribution in [1.82, 2.24) is 4.57 Å². The summed E-state index contributed by atoms with van der Waals surface area (Å²) in [6, 6.07) is 8.12. The van der Waals surface area contributed by atoms with E-state index < -0.39 is 18.0 Å². The number of azide groups is 1. The van der Waals surface area contributed by atoms with Crippen molar-refractivity contribution in [3.63, 3.8) is 0 Å². The van der Waals surface area contributed by atoms with Crippen LogP contribution in [0.3, 0.4) is 0 Å². The molecule has 8 heteroatoms. The highest BCUT2D eigenvalue weighted by molar-refractivity contribution is 5.89. The Morgan fingerprint density at radius 1 is 1.41 bits per heavy atom. The molecule has 22 heavy (non-hydrogen) atoms. The fourth-order valence-electron chi connectivity index (χ4n) is 2.32. The summed E-state index contributed by atoms with van der Waals surface area (Å²) in [4.78, 5) is 15.8. The van der Waals surface area contributed by atoms with Gasteiger partial charge in [0, 0.05) is 17.3 Å². The molecule has 1 fully saturated rings. The number of benzene rings is 1. The van der Waals surface area contributed by atoms with Crippen LogP contribution in [0.2, 0.25) is 0 Å². The van der Waals surface area contributed by atoms with E-state index in [9.17, 15) is 9.18 Å². The molecule has 1 atom stereocenters. The number of carbonyl (C=O) groups is 1. The van der Waals surface area contributed by atoms with Gasteiger partial charge in [0.2, 0.25) is 0 Å². The Kier molecular flexibility index (Phi) is 3.67. The second-order valence-electron chi connectivity index (χ2n) is 4.76. The smallest absolute Gasteiger partial charge is 0.414 e. The number of anilines is 1. The molecule has 0 bridgehead atoms. The van der Waals surface area contributed by atoms with E-state index in [1.54, 1.807) is 41.2 Å². The molecule has 2 heterocycles. The molecule has 2 aromatic rings. The zero-order valence-corrected chi connectivity index (χ0v) is 11.5. The Bertz CT molecular complexity index is 740. The summed E-state index contributed by atoms with van der Waals surface area (Å²) in [5.74, 6) is -0.444. The SMILES string of the molecule is [N-]=[N+]=NC[C@H]1CN(c2ccc(-n3cccc3)c(F)c2)C(=O)O1. The number of nitrogens with zero attached hydrogens (tertiary/aromatic N) is 5. The van der Waals surface area contributed by atoms with Crippen LogP contribution in [-0.4, -0.2) is 29.9 Å². The summed E-state index contributed by atoms with van der Waals surface area (Å²) in [5, 5.41) is 3.38. The van der Waals surface area contributed by atoms with Crippen LogP contribution < -0.4 is 4.90 Å². The van der Waals surface area contributed by atoms with Gasteiger partial charge in [-0.2, -0.15) is 0 Å². The lowest BCUT2D eigenvalue weighted by Crippen LogP contribution is -2.25. The molecule has 0 radical (unpaired) electrons. The van der Waals surface area contributed by atoms with Crippen LogP contribution in [0.4, 0.5) is 14.9 Å². The maximum atomic E-state index is 14.2. The summed E-state index contributed by atoms with van der Waals surface area (Å²) in [6.07, 6.45) is 2.37. The second kappa shape index (κ2) is 5.79. The Balaban J connectivity index is 1.82. The first-order chi connectivity index (χ1) is 10.7. The zero-order chi connectivity index (χ0) is 15.5. The molecule has 1 aliphatic rings. The predicted molar refractivity (Wildman–Crippen MR) is 77.4 cm³/mol. The highest BCUT2D eigenvalue weighted by atomic mass is 19.1. The molecule has 7 nitrogen and oxygen atoms in total. The molecular formula is C14H12FN5O2. The van der Waals surface area contributed by atoms with Crippen molar-refractivity contribution in [3.05, 3.63) is 59.0 Å². The quantitative estimate of drug-likeness (QED) is 0.493. The lowest BCUT2D eigenvalue weighted by atomic mass is 10.2. The molecule has 0 saturated carbocycles. The van der Waals surface area contributed by atoms with Crippen LogP contribution in [0.1, 0.15) is 0 Å². The van der Waals surface area contributed by atoms with E-state index in [-0.39, 0.29) is 13.1 Å². The third-order valence-electron chi connectivity index (χ3n) is 3.35. The molecule has 0 aliphatic carbocycles. The average Bonchev–Trinajstić information content (AvgIpc) is 3.14. The van der Waals surface area contributed by atoms with E-state index >= 15 is 0 Å². The van der Waals surface area contributed by atoms with Gasteiger partial charge in [0.15, 0.2) is 0 Å². The van der Waals surface area contributed by atoms with Crippen LogP contribution in [-0.2, 0) is 4.74 Å². The average molecular weight is 301 g/mol. The monoisotopic (exact) mass is 301 g/mol. The molecule has 1 amide bonds. The van der Waals surface area contributed by atoms with Crippen molar-refractivity contribution < 1.29 is 13.9 Å². The van der Waals surface area contributed by atoms with Crippen molar-refractivity contribution in [2.24, 2.45) is 5.11 Å². The largest absolute Gasteiger partial charge is 0.444 e. The van der Waals surface area contributed by atoms with Gasteiger partial charge in [0.25, 0.3) is 0 Å². The Morgan fingerprint density at radius 2 is 2.18 bits per heavy atom. The third kappa shape index (κ3) is 2.59. The molecule has 3 rings (SSSR count). The van der Waals surface area contributed by atoms with Crippen molar-refractivity contribution >= 4 is 11.8 Å². The molecule has 1 aromatic heterocycles. The van der Waals surface area contributed by atoms with Crippen LogP contribution in [0.25, 0.3) is 16.1 Å². The van der Waals surface area contributed by atoms with Gasteiger partial charge in [0.05, 0.1) is 24.5 Å². The van der Waals surface area contributed by atoms with Gasteiger partial charge in [0.1, 0.15) is 11.9 Å². The van der Waals surface area contributed by atoms with Gasteiger partial charge >= 0.3 is 6.09 Å². The Morgan fingerprint density at radius 3 is 2.86 bits per heavy atom. The summed E-state index contributed by atoms with van der Waals surface area (Å²) < 4.78 is 20.9. The zero-order valence-electron chi connectivity index (χ0n) is 11.5. The van der Waals surface area contributed by atoms with Crippen LogP contribution in [0, 0.1) is 5.82 Å². The summed E-state index contributed by atoms with van der Waals surface area (Å²) in [6.45, 7) is 0.281. The first-order valence-electron chi connectivity index (χ1n) is 6.61. The minimum absolute atomic E-state index is 0.0582. The van der Waals surface area contributed by atoms with Crippen molar-refractivity contribution in [2.75, 3.05) is 18.0 Å². The first kappa shape index (κ1) is 14.0. The highest BCUT2D eigenvalue weighted by Gasteiger charge is 2.32. The standard InChI is InChI=1S/C14H12FN5O2/c15-12-7-10(3-4-13(12)19-5-1-2-6-19)20-9-11(8-17-18-16)22-14(20)21/h1-7,11H,8-9H2/t11-/m0/s1. The normalized spacial score (nSPS) is 17.2. The number of ether oxygens (including phenoxy) is 1. The van der Waals surface area contributed by atoms with E-state index in [0.717, 1.165) is 0 Å². The number of rotatable bonds is 4. The van der Waals surface area contributed by atoms with E-state index in [1.165, 1.54) is 11.0 Å². The maximum Gasteiger partial charge on any atom is 0.414 e. The van der Waals surface area contributed by atoms with Crippen molar-refractivity contribution in [2.45, 2.75) is 6.10 Å². The Hall–Kier alpha value is -2.99. The number of carbonyl (C=O) groups excluding carboxylic acids is 1. The molecule has 1 saturated heterocycles. The van der Waals surface area contributed by atoms with E-state index in [4.69, 9.17) is 10.3 Å². The molecule has 112 valence electrons. The number of amides is 1. The second-order valence-corrected chi connectivity index (χ2v) is 4.76. The van der Waals surface area contributed by atoms with Crippen LogP contribution in [0.5, 0.6) is 0 Å². The minimum atomic E-state index is -0.578. The molecule has 1 aliphatic heterocycles. The van der Waals surface area contributed by atoms with E-state index in [2.05, 4.69) is 10.0 Å². The topological polar surface area (TPSA) is 83.2 Å². The van der Waals surface area contributed by atoms with Gasteiger partial charge in [-0.25, -0.2) is 9.18 Å². The lowest BCUT2D eigenvalue weighted by molar-refractivity contribution is 0.145. The minimum Gasteiger partial charge on any atom is -0.444 e. The molecule has 0 N–H and O–H groups in total. The molecular weight excluding hydrogens is 289 g/mol. The number of hydrogen-bond acceptors (Lipinski definition) is 3. The molecule has 1 aromatic carbocycles. The van der Waals surface area contributed by atoms with E-state index in [0.29, 0.717) is 11.4 Å².